The van der Waals surface area contributed by atoms with Gasteiger partial charge in [0.25, 0.3) is 0 Å². The summed E-state index contributed by atoms with van der Waals surface area (Å²) in [6.45, 7) is 2.61. The lowest BCUT2D eigenvalue weighted by atomic mass is 10.2. The molecular formula is C15H17FN2O. The normalized spacial score (nSPS) is 10.3. The maximum Gasteiger partial charge on any atom is 0.146 e. The Hall–Kier alpha value is -2.23. The highest BCUT2D eigenvalue weighted by Gasteiger charge is 2.13. The van der Waals surface area contributed by atoms with Gasteiger partial charge in [0.2, 0.25) is 0 Å². The highest BCUT2D eigenvalue weighted by atomic mass is 19.1. The molecule has 0 atom stereocenters. The molecule has 0 aliphatic rings. The standard InChI is InChI=1S/C15H17FN2O/c1-3-18(14-7-5-4-6-12(14)16)11-8-9-13(17)15(10-11)19-2/h4-10H,3,17H2,1-2H3. The minimum Gasteiger partial charge on any atom is -0.495 e. The van der Waals surface area contributed by atoms with Crippen LogP contribution in [0.4, 0.5) is 21.5 Å². The zero-order chi connectivity index (χ0) is 13.8. The summed E-state index contributed by atoms with van der Waals surface area (Å²) in [5.41, 5.74) is 7.74. The van der Waals surface area contributed by atoms with Gasteiger partial charge in [-0.15, -0.1) is 0 Å². The van der Waals surface area contributed by atoms with Gasteiger partial charge in [-0.25, -0.2) is 4.39 Å². The van der Waals surface area contributed by atoms with Crippen molar-refractivity contribution in [2.24, 2.45) is 0 Å². The number of halogens is 1. The van der Waals surface area contributed by atoms with Crippen LogP contribution in [-0.2, 0) is 0 Å². The molecule has 3 nitrogen and oxygen atoms in total. The number of ether oxygens (including phenoxy) is 1. The number of para-hydroxylation sites is 1. The molecule has 0 aromatic heterocycles. The van der Waals surface area contributed by atoms with Gasteiger partial charge in [0.05, 0.1) is 18.5 Å². The lowest BCUT2D eigenvalue weighted by Crippen LogP contribution is -2.17. The number of methoxy groups -OCH3 is 1. The van der Waals surface area contributed by atoms with Gasteiger partial charge >= 0.3 is 0 Å². The van der Waals surface area contributed by atoms with Crippen LogP contribution < -0.4 is 15.4 Å². The van der Waals surface area contributed by atoms with Crippen molar-refractivity contribution in [2.75, 3.05) is 24.3 Å². The van der Waals surface area contributed by atoms with E-state index in [1.54, 1.807) is 25.3 Å². The van der Waals surface area contributed by atoms with Gasteiger partial charge < -0.3 is 15.4 Å². The second-order valence-corrected chi connectivity index (χ2v) is 4.12. The molecule has 100 valence electrons. The van der Waals surface area contributed by atoms with Crippen LogP contribution in [0.3, 0.4) is 0 Å². The van der Waals surface area contributed by atoms with Gasteiger partial charge in [0.1, 0.15) is 11.6 Å². The molecule has 2 aromatic carbocycles. The summed E-state index contributed by atoms with van der Waals surface area (Å²) in [6.07, 6.45) is 0. The molecule has 0 heterocycles. The fraction of sp³-hybridized carbons (Fsp3) is 0.200. The first-order valence-corrected chi connectivity index (χ1v) is 6.13. The Morgan fingerprint density at radius 2 is 1.95 bits per heavy atom. The van der Waals surface area contributed by atoms with E-state index in [1.807, 2.05) is 30.0 Å². The topological polar surface area (TPSA) is 38.5 Å². The molecule has 2 aromatic rings. The van der Waals surface area contributed by atoms with Crippen molar-refractivity contribution in [3.8, 4) is 5.75 Å². The Balaban J connectivity index is 2.45. The van der Waals surface area contributed by atoms with Gasteiger partial charge in [-0.2, -0.15) is 0 Å². The summed E-state index contributed by atoms with van der Waals surface area (Å²) in [6, 6.07) is 12.1. The smallest absolute Gasteiger partial charge is 0.146 e. The number of nitrogens with two attached hydrogens (primary N) is 1. The molecule has 0 saturated heterocycles. The van der Waals surface area contributed by atoms with Crippen molar-refractivity contribution in [3.63, 3.8) is 0 Å². The maximum absolute atomic E-state index is 13.9. The van der Waals surface area contributed by atoms with Gasteiger partial charge in [0, 0.05) is 18.3 Å². The van der Waals surface area contributed by atoms with Crippen LogP contribution >= 0.6 is 0 Å². The largest absolute Gasteiger partial charge is 0.495 e. The second-order valence-electron chi connectivity index (χ2n) is 4.12. The molecule has 0 aliphatic carbocycles. The molecule has 0 fully saturated rings. The van der Waals surface area contributed by atoms with E-state index in [-0.39, 0.29) is 5.82 Å². The molecule has 4 heteroatoms. The average molecular weight is 260 g/mol. The van der Waals surface area contributed by atoms with Crippen LogP contribution in [0.25, 0.3) is 0 Å². The van der Waals surface area contributed by atoms with E-state index in [9.17, 15) is 4.39 Å². The highest BCUT2D eigenvalue weighted by molar-refractivity contribution is 5.69. The number of nitrogen functional groups attached to an aromatic ring is 1. The number of hydrogen-bond donors (Lipinski definition) is 1. The van der Waals surface area contributed by atoms with E-state index in [0.717, 1.165) is 5.69 Å². The molecule has 0 bridgehead atoms. The van der Waals surface area contributed by atoms with E-state index in [4.69, 9.17) is 10.5 Å². The van der Waals surface area contributed by atoms with E-state index in [2.05, 4.69) is 0 Å². The zero-order valence-corrected chi connectivity index (χ0v) is 11.1. The lowest BCUT2D eigenvalue weighted by Gasteiger charge is -2.24. The third-order valence-corrected chi connectivity index (χ3v) is 2.99. The first kappa shape index (κ1) is 13.2. The fourth-order valence-electron chi connectivity index (χ4n) is 2.03. The summed E-state index contributed by atoms with van der Waals surface area (Å²) in [7, 11) is 1.56. The van der Waals surface area contributed by atoms with Crippen LogP contribution in [0.1, 0.15) is 6.92 Å². The Morgan fingerprint density at radius 1 is 1.21 bits per heavy atom. The summed E-state index contributed by atoms with van der Waals surface area (Å²) in [5.74, 6) is 0.340. The minimum atomic E-state index is -0.250. The van der Waals surface area contributed by atoms with E-state index < -0.39 is 0 Å². The van der Waals surface area contributed by atoms with Gasteiger partial charge in [-0.05, 0) is 31.2 Å². The Morgan fingerprint density at radius 3 is 2.58 bits per heavy atom. The Bertz CT molecular complexity index is 572. The van der Waals surface area contributed by atoms with Crippen LogP contribution in [0.15, 0.2) is 42.5 Å². The van der Waals surface area contributed by atoms with Gasteiger partial charge in [-0.1, -0.05) is 12.1 Å². The Labute approximate surface area is 112 Å². The first-order valence-electron chi connectivity index (χ1n) is 6.13. The molecule has 19 heavy (non-hydrogen) atoms. The van der Waals surface area contributed by atoms with Gasteiger partial charge in [0.15, 0.2) is 0 Å². The molecule has 0 spiro atoms. The molecule has 0 saturated carbocycles. The molecule has 0 unspecified atom stereocenters. The van der Waals surface area contributed by atoms with Crippen molar-refractivity contribution >= 4 is 17.1 Å². The van der Waals surface area contributed by atoms with Crippen molar-refractivity contribution < 1.29 is 9.13 Å². The average Bonchev–Trinajstić information content (AvgIpc) is 2.43. The van der Waals surface area contributed by atoms with Crippen LogP contribution in [0, 0.1) is 5.82 Å². The van der Waals surface area contributed by atoms with Crippen LogP contribution in [0.5, 0.6) is 5.75 Å². The van der Waals surface area contributed by atoms with Crippen molar-refractivity contribution in [3.05, 3.63) is 48.3 Å². The van der Waals surface area contributed by atoms with Crippen molar-refractivity contribution in [1.29, 1.82) is 0 Å². The predicted octanol–water partition coefficient (Wildman–Crippen LogP) is 3.57. The molecule has 2 N–H and O–H groups in total. The van der Waals surface area contributed by atoms with E-state index in [0.29, 0.717) is 23.7 Å². The van der Waals surface area contributed by atoms with Crippen molar-refractivity contribution in [2.45, 2.75) is 6.92 Å². The number of benzene rings is 2. The van der Waals surface area contributed by atoms with E-state index in [1.165, 1.54) is 6.07 Å². The summed E-state index contributed by atoms with van der Waals surface area (Å²) in [4.78, 5) is 1.87. The second kappa shape index (κ2) is 5.61. The molecular weight excluding hydrogens is 243 g/mol. The minimum absolute atomic E-state index is 0.250. The molecule has 2 rings (SSSR count). The van der Waals surface area contributed by atoms with Crippen LogP contribution in [-0.4, -0.2) is 13.7 Å². The van der Waals surface area contributed by atoms with E-state index >= 15 is 0 Å². The SMILES string of the molecule is CCN(c1ccc(N)c(OC)c1)c1ccccc1F. The molecule has 0 aliphatic heterocycles. The fourth-order valence-corrected chi connectivity index (χ4v) is 2.03. The number of nitrogens with zero attached hydrogens (tertiary/aromatic N) is 1. The highest BCUT2D eigenvalue weighted by Crippen LogP contribution is 2.32. The number of hydrogen-bond acceptors (Lipinski definition) is 3. The lowest BCUT2D eigenvalue weighted by molar-refractivity contribution is 0.417. The first-order chi connectivity index (χ1) is 9.17. The van der Waals surface area contributed by atoms with Crippen molar-refractivity contribution in [1.82, 2.24) is 0 Å². The zero-order valence-electron chi connectivity index (χ0n) is 11.1. The van der Waals surface area contributed by atoms with Gasteiger partial charge in [-0.3, -0.25) is 0 Å². The molecule has 0 amide bonds. The Kier molecular flexibility index (Phi) is 3.90. The quantitative estimate of drug-likeness (QED) is 0.854. The van der Waals surface area contributed by atoms with Crippen LogP contribution in [0.2, 0.25) is 0 Å². The number of anilines is 3. The summed E-state index contributed by atoms with van der Waals surface area (Å²) >= 11 is 0. The maximum atomic E-state index is 13.9. The third-order valence-electron chi connectivity index (χ3n) is 2.99. The monoisotopic (exact) mass is 260 g/mol. The molecule has 0 radical (unpaired) electrons. The summed E-state index contributed by atoms with van der Waals surface area (Å²) in [5, 5.41) is 0. The number of rotatable bonds is 4. The predicted molar refractivity (Wildman–Crippen MR) is 76.5 cm³/mol. The third kappa shape index (κ3) is 2.62. The summed E-state index contributed by atoms with van der Waals surface area (Å²) < 4.78 is 19.1.